The summed E-state index contributed by atoms with van der Waals surface area (Å²) in [6.45, 7) is 2.12. The number of esters is 1. The molecule has 1 atom stereocenters. The number of methoxy groups -OCH3 is 2. The Hall–Kier alpha value is -3.45. The van der Waals surface area contributed by atoms with Gasteiger partial charge in [-0.05, 0) is 54.5 Å². The molecule has 0 N–H and O–H groups in total. The van der Waals surface area contributed by atoms with Crippen LogP contribution in [0.3, 0.4) is 0 Å². The van der Waals surface area contributed by atoms with Gasteiger partial charge in [0.05, 0.1) is 32.6 Å². The quantitative estimate of drug-likeness (QED) is 0.545. The second kappa shape index (κ2) is 9.78. The van der Waals surface area contributed by atoms with Gasteiger partial charge in [0.25, 0.3) is 0 Å². The smallest absolute Gasteiger partial charge is 0.355 e. The van der Waals surface area contributed by atoms with Crippen molar-refractivity contribution in [2.45, 2.75) is 13.0 Å². The molecule has 1 unspecified atom stereocenters. The summed E-state index contributed by atoms with van der Waals surface area (Å²) in [7, 11) is 3.29. The number of benzene rings is 2. The largest absolute Gasteiger partial charge is 0.497 e. The van der Waals surface area contributed by atoms with Crippen LogP contribution in [0.15, 0.2) is 82.5 Å². The molecule has 4 rings (SSSR count). The van der Waals surface area contributed by atoms with Crippen molar-refractivity contribution >= 4 is 29.0 Å². The first-order valence-electron chi connectivity index (χ1n) is 10.2. The minimum absolute atomic E-state index is 0.199. The van der Waals surface area contributed by atoms with Crippen LogP contribution in [0, 0.1) is 0 Å². The van der Waals surface area contributed by atoms with Gasteiger partial charge < -0.3 is 19.1 Å². The Bertz CT molecular complexity index is 1100. The van der Waals surface area contributed by atoms with E-state index < -0.39 is 0 Å². The topological polar surface area (TPSA) is 60.4 Å². The Kier molecular flexibility index (Phi) is 6.66. The zero-order valence-electron chi connectivity index (χ0n) is 18.1. The number of fused-ring (bicyclic) bond motifs is 1. The number of carbonyl (C=O) groups excluding carboxylic acids is 1. The van der Waals surface area contributed by atoms with E-state index in [1.165, 1.54) is 11.8 Å². The predicted molar refractivity (Wildman–Crippen MR) is 127 cm³/mol. The molecule has 6 nitrogen and oxygen atoms in total. The molecule has 2 aliphatic heterocycles. The second-order valence-corrected chi connectivity index (χ2v) is 7.86. The van der Waals surface area contributed by atoms with E-state index in [0.717, 1.165) is 33.5 Å². The van der Waals surface area contributed by atoms with Crippen molar-refractivity contribution in [1.29, 1.82) is 0 Å². The first-order chi connectivity index (χ1) is 15.6. The van der Waals surface area contributed by atoms with Crippen molar-refractivity contribution in [1.82, 2.24) is 4.90 Å². The molecule has 0 amide bonds. The van der Waals surface area contributed by atoms with Crippen molar-refractivity contribution in [2.24, 2.45) is 4.99 Å². The molecule has 164 valence electrons. The fourth-order valence-electron chi connectivity index (χ4n) is 3.45. The van der Waals surface area contributed by atoms with E-state index in [1.807, 2.05) is 71.7 Å². The summed E-state index contributed by atoms with van der Waals surface area (Å²) >= 11 is 1.42. The average molecular weight is 449 g/mol. The Morgan fingerprint density at radius 3 is 2.31 bits per heavy atom. The second-order valence-electron chi connectivity index (χ2n) is 7.02. The summed E-state index contributed by atoms with van der Waals surface area (Å²) in [6, 6.07) is 15.5. The molecule has 2 aliphatic rings. The molecule has 2 heterocycles. The molecular formula is C25H24N2O4S. The van der Waals surface area contributed by atoms with Gasteiger partial charge in [0.1, 0.15) is 17.2 Å². The number of hydrogen-bond donors (Lipinski definition) is 0. The number of amidine groups is 1. The minimum Gasteiger partial charge on any atom is -0.497 e. The molecule has 2 aromatic rings. The molecular weight excluding hydrogens is 424 g/mol. The molecule has 0 saturated heterocycles. The van der Waals surface area contributed by atoms with Crippen LogP contribution in [0.1, 0.15) is 24.1 Å². The highest BCUT2D eigenvalue weighted by atomic mass is 32.2. The first kappa shape index (κ1) is 21.8. The van der Waals surface area contributed by atoms with Crippen LogP contribution >= 0.6 is 11.8 Å². The zero-order chi connectivity index (χ0) is 22.5. The van der Waals surface area contributed by atoms with Crippen molar-refractivity contribution < 1.29 is 19.0 Å². The fourth-order valence-corrected chi connectivity index (χ4v) is 4.36. The van der Waals surface area contributed by atoms with Gasteiger partial charge >= 0.3 is 5.97 Å². The Balaban J connectivity index is 1.66. The molecule has 0 aromatic heterocycles. The monoisotopic (exact) mass is 448 g/mol. The normalized spacial score (nSPS) is 17.4. The van der Waals surface area contributed by atoms with Gasteiger partial charge in [-0.15, -0.1) is 0 Å². The van der Waals surface area contributed by atoms with Crippen molar-refractivity contribution in [3.63, 3.8) is 0 Å². The van der Waals surface area contributed by atoms with E-state index in [9.17, 15) is 4.79 Å². The number of aliphatic imine (C=N–C) groups is 1. The lowest BCUT2D eigenvalue weighted by Crippen LogP contribution is -2.34. The summed E-state index contributed by atoms with van der Waals surface area (Å²) in [5, 5.41) is 2.54. The Labute approximate surface area is 191 Å². The Morgan fingerprint density at radius 1 is 1.03 bits per heavy atom. The zero-order valence-corrected chi connectivity index (χ0v) is 19.0. The van der Waals surface area contributed by atoms with Crippen molar-refractivity contribution in [3.05, 3.63) is 88.6 Å². The molecule has 0 saturated carbocycles. The van der Waals surface area contributed by atoms with Gasteiger partial charge in [0.15, 0.2) is 5.17 Å². The average Bonchev–Trinajstić information content (AvgIpc) is 3.27. The lowest BCUT2D eigenvalue weighted by atomic mass is 10.0. The third-order valence-electron chi connectivity index (χ3n) is 5.08. The molecule has 32 heavy (non-hydrogen) atoms. The molecule has 0 bridgehead atoms. The summed E-state index contributed by atoms with van der Waals surface area (Å²) in [6.07, 6.45) is 6.03. The number of rotatable bonds is 7. The van der Waals surface area contributed by atoms with Gasteiger partial charge in [0.2, 0.25) is 0 Å². The number of hydrogen-bond acceptors (Lipinski definition) is 7. The summed E-state index contributed by atoms with van der Waals surface area (Å²) in [5.41, 5.74) is 3.37. The van der Waals surface area contributed by atoms with Gasteiger partial charge in [0, 0.05) is 5.41 Å². The number of ether oxygens (including phenoxy) is 3. The maximum atomic E-state index is 12.6. The van der Waals surface area contributed by atoms with Crippen LogP contribution in [-0.4, -0.2) is 36.9 Å². The van der Waals surface area contributed by atoms with Crippen LogP contribution in [0.25, 0.3) is 6.08 Å². The van der Waals surface area contributed by atoms with Crippen LogP contribution in [0.5, 0.6) is 11.5 Å². The van der Waals surface area contributed by atoms with Crippen LogP contribution in [-0.2, 0) is 9.53 Å². The molecule has 0 spiro atoms. The first-order valence-corrected chi connectivity index (χ1v) is 11.1. The maximum Gasteiger partial charge on any atom is 0.355 e. The maximum absolute atomic E-state index is 12.6. The number of nitrogens with zero attached hydrogens (tertiary/aromatic N) is 2. The van der Waals surface area contributed by atoms with E-state index in [-0.39, 0.29) is 12.0 Å². The SMILES string of the molecule is CCOC(=O)C1=CSC2=NC(/C=C/c3ccc(OC)cc3)=CC(c3ccc(OC)cc3)N12. The molecule has 0 aliphatic carbocycles. The number of thioether (sulfide) groups is 1. The minimum atomic E-state index is -0.352. The summed E-state index contributed by atoms with van der Waals surface area (Å²) < 4.78 is 15.8. The lowest BCUT2D eigenvalue weighted by molar-refractivity contribution is -0.139. The standard InChI is InChI=1S/C25H24N2O4S/c1-4-31-24(28)23-16-32-25-26-19(10-5-17-6-11-20(29-2)12-7-17)15-22(27(23)25)18-8-13-21(30-3)14-9-18/h5-16,22H,4H2,1-3H3/b10-5+. The van der Waals surface area contributed by atoms with Gasteiger partial charge in [-0.3, -0.25) is 0 Å². The number of allylic oxidation sites excluding steroid dienone is 1. The lowest BCUT2D eigenvalue weighted by Gasteiger charge is -2.32. The highest BCUT2D eigenvalue weighted by Gasteiger charge is 2.36. The van der Waals surface area contributed by atoms with Crippen LogP contribution in [0.2, 0.25) is 0 Å². The van der Waals surface area contributed by atoms with Gasteiger partial charge in [-0.25, -0.2) is 9.79 Å². The molecule has 2 aromatic carbocycles. The third kappa shape index (κ3) is 4.57. The van der Waals surface area contributed by atoms with Gasteiger partial charge in [-0.2, -0.15) is 0 Å². The predicted octanol–water partition coefficient (Wildman–Crippen LogP) is 5.17. The molecule has 7 heteroatoms. The summed E-state index contributed by atoms with van der Waals surface area (Å²) in [4.78, 5) is 19.2. The highest BCUT2D eigenvalue weighted by Crippen LogP contribution is 2.40. The van der Waals surface area contributed by atoms with Crippen molar-refractivity contribution in [2.75, 3.05) is 20.8 Å². The fraction of sp³-hybridized carbons (Fsp3) is 0.200. The van der Waals surface area contributed by atoms with Crippen LogP contribution in [0.4, 0.5) is 0 Å². The van der Waals surface area contributed by atoms with E-state index in [2.05, 4.69) is 0 Å². The summed E-state index contributed by atoms with van der Waals surface area (Å²) in [5.74, 6) is 1.24. The van der Waals surface area contributed by atoms with Crippen LogP contribution < -0.4 is 9.47 Å². The van der Waals surface area contributed by atoms with E-state index in [1.54, 1.807) is 26.6 Å². The van der Waals surface area contributed by atoms with Crippen molar-refractivity contribution in [3.8, 4) is 11.5 Å². The highest BCUT2D eigenvalue weighted by molar-refractivity contribution is 8.16. The van der Waals surface area contributed by atoms with E-state index >= 15 is 0 Å². The third-order valence-corrected chi connectivity index (χ3v) is 5.92. The van der Waals surface area contributed by atoms with Gasteiger partial charge in [-0.1, -0.05) is 42.1 Å². The molecule has 0 fully saturated rings. The Morgan fingerprint density at radius 2 is 1.69 bits per heavy atom. The van der Waals surface area contributed by atoms with E-state index in [0.29, 0.717) is 12.3 Å². The molecule has 0 radical (unpaired) electrons. The van der Waals surface area contributed by atoms with E-state index in [4.69, 9.17) is 19.2 Å². The number of carbonyl (C=O) groups is 1.